The Kier molecular flexibility index (Phi) is 16.5. The lowest BCUT2D eigenvalue weighted by Gasteiger charge is -2.28. The molecule has 2 amide bonds. The molecule has 2 aromatic rings. The Bertz CT molecular complexity index is 1410. The van der Waals surface area contributed by atoms with Crippen molar-refractivity contribution in [1.29, 1.82) is 0 Å². The van der Waals surface area contributed by atoms with Crippen molar-refractivity contribution in [2.24, 2.45) is 17.8 Å². The second-order valence-electron chi connectivity index (χ2n) is 13.7. The van der Waals surface area contributed by atoms with Crippen molar-refractivity contribution in [2.75, 3.05) is 13.2 Å². The lowest BCUT2D eigenvalue weighted by molar-refractivity contribution is -0.159. The van der Waals surface area contributed by atoms with Gasteiger partial charge in [-0.2, -0.15) is 0 Å². The van der Waals surface area contributed by atoms with Crippen LogP contribution in [0.4, 0.5) is 0 Å². The van der Waals surface area contributed by atoms with Crippen molar-refractivity contribution in [2.45, 2.75) is 103 Å². The summed E-state index contributed by atoms with van der Waals surface area (Å²) in [5, 5.41) is 36.5. The molecule has 1 heterocycles. The summed E-state index contributed by atoms with van der Waals surface area (Å²) in [6.45, 7) is 9.61. The van der Waals surface area contributed by atoms with Gasteiger partial charge in [0, 0.05) is 25.0 Å². The molecule has 50 heavy (non-hydrogen) atoms. The summed E-state index contributed by atoms with van der Waals surface area (Å²) in [7, 11) is 0. The molecule has 276 valence electrons. The minimum absolute atomic E-state index is 0.0533. The molecular weight excluding hydrogens is 683 g/mol. The highest BCUT2D eigenvalue weighted by Gasteiger charge is 2.36. The number of amides is 2. The minimum atomic E-state index is -1.00. The number of aryl methyl sites for hydroxylation is 1. The van der Waals surface area contributed by atoms with Crippen LogP contribution in [0.25, 0.3) is 0 Å². The van der Waals surface area contributed by atoms with Crippen LogP contribution in [0.3, 0.4) is 0 Å². The zero-order chi connectivity index (χ0) is 37.0. The van der Waals surface area contributed by atoms with E-state index in [1.54, 1.807) is 19.9 Å². The number of nitrogens with one attached hydrogen (secondary N) is 2. The van der Waals surface area contributed by atoms with E-state index < -0.39 is 48.1 Å². The number of benzene rings is 2. The van der Waals surface area contributed by atoms with Crippen LogP contribution >= 0.6 is 23.2 Å². The quantitative estimate of drug-likeness (QED) is 0.0963. The molecule has 3 unspecified atom stereocenters. The molecule has 3 rings (SSSR count). The van der Waals surface area contributed by atoms with Crippen LogP contribution in [0, 0.1) is 17.8 Å². The maximum Gasteiger partial charge on any atom is 0.310 e. The molecule has 10 nitrogen and oxygen atoms in total. The lowest BCUT2D eigenvalue weighted by Crippen LogP contribution is -2.48. The zero-order valence-corrected chi connectivity index (χ0v) is 31.0. The Labute approximate surface area is 305 Å². The minimum Gasteiger partial charge on any atom is -0.505 e. The molecule has 0 radical (unpaired) electrons. The Balaban J connectivity index is 1.62. The molecule has 0 bridgehead atoms. The van der Waals surface area contributed by atoms with Gasteiger partial charge in [0.2, 0.25) is 11.8 Å². The first-order valence-corrected chi connectivity index (χ1v) is 18.1. The maximum absolute atomic E-state index is 13.4. The van der Waals surface area contributed by atoms with Gasteiger partial charge in [0.1, 0.15) is 12.1 Å². The number of halogens is 2. The number of hydrogen-bond donors (Lipinski definition) is 5. The van der Waals surface area contributed by atoms with Crippen molar-refractivity contribution >= 4 is 41.0 Å². The number of carbonyl (C=O) groups is 3. The standard InChI is InChI=1S/C38H52Cl2N2O8/c1-22(2)18-33(25(5)43)50-38(48)23(3)21-41-37(47)31(15-14-26-19-29(39)35(46)30(40)20-26)42-34(45)13-9-12-32(44)24(4)36-28(16-17-49-36)27-10-7-6-8-11-27/h6-11,13,19-20,22-25,28,31-33,36,43-44,46H,12,14-18,21H2,1-5H3,(H,41,47)(H,42,45)/b13-9+/t23?,24-,25?,28+,31?,32-,33-,36+/m0/s1. The summed E-state index contributed by atoms with van der Waals surface area (Å²) in [4.78, 5) is 39.2. The molecule has 1 saturated heterocycles. The van der Waals surface area contributed by atoms with Crippen molar-refractivity contribution in [1.82, 2.24) is 10.6 Å². The fourth-order valence-electron chi connectivity index (χ4n) is 6.03. The molecule has 0 saturated carbocycles. The van der Waals surface area contributed by atoms with Crippen LogP contribution in [0.2, 0.25) is 10.0 Å². The monoisotopic (exact) mass is 734 g/mol. The van der Waals surface area contributed by atoms with Gasteiger partial charge in [-0.05, 0) is 74.3 Å². The number of aromatic hydroxyl groups is 1. The number of esters is 1. The van der Waals surface area contributed by atoms with Gasteiger partial charge >= 0.3 is 5.97 Å². The van der Waals surface area contributed by atoms with Gasteiger partial charge in [0.25, 0.3) is 0 Å². The highest BCUT2D eigenvalue weighted by atomic mass is 35.5. The Morgan fingerprint density at radius 1 is 1.04 bits per heavy atom. The van der Waals surface area contributed by atoms with E-state index in [2.05, 4.69) is 22.8 Å². The number of phenolic OH excluding ortho intramolecular Hbond substituents is 1. The average molecular weight is 736 g/mol. The largest absolute Gasteiger partial charge is 0.505 e. The molecule has 1 aliphatic rings. The Morgan fingerprint density at radius 3 is 2.32 bits per heavy atom. The molecule has 2 aromatic carbocycles. The topological polar surface area (TPSA) is 154 Å². The predicted octanol–water partition coefficient (Wildman–Crippen LogP) is 5.72. The van der Waals surface area contributed by atoms with E-state index in [4.69, 9.17) is 32.7 Å². The molecular formula is C38H52Cl2N2O8. The van der Waals surface area contributed by atoms with Crippen LogP contribution < -0.4 is 10.6 Å². The number of aliphatic hydroxyl groups excluding tert-OH is 2. The van der Waals surface area contributed by atoms with Crippen LogP contribution in [-0.4, -0.2) is 76.7 Å². The summed E-state index contributed by atoms with van der Waals surface area (Å²) in [6, 6.07) is 12.2. The van der Waals surface area contributed by atoms with Gasteiger partial charge in [-0.3, -0.25) is 14.4 Å². The van der Waals surface area contributed by atoms with Crippen molar-refractivity contribution in [3.63, 3.8) is 0 Å². The Morgan fingerprint density at radius 2 is 1.70 bits per heavy atom. The van der Waals surface area contributed by atoms with E-state index in [0.717, 1.165) is 6.42 Å². The maximum atomic E-state index is 13.4. The van der Waals surface area contributed by atoms with Crippen molar-refractivity contribution < 1.29 is 39.2 Å². The van der Waals surface area contributed by atoms with E-state index in [1.165, 1.54) is 23.8 Å². The summed E-state index contributed by atoms with van der Waals surface area (Å²) < 4.78 is 11.5. The Hall–Kier alpha value is -3.15. The second kappa shape index (κ2) is 20.0. The highest BCUT2D eigenvalue weighted by molar-refractivity contribution is 6.37. The van der Waals surface area contributed by atoms with Crippen LogP contribution in [0.15, 0.2) is 54.6 Å². The molecule has 8 atom stereocenters. The van der Waals surface area contributed by atoms with Gasteiger partial charge in [-0.25, -0.2) is 0 Å². The van der Waals surface area contributed by atoms with Gasteiger partial charge < -0.3 is 35.4 Å². The van der Waals surface area contributed by atoms with Gasteiger partial charge in [-0.1, -0.05) is 87.3 Å². The average Bonchev–Trinajstić information content (AvgIpc) is 3.57. The normalized spacial score (nSPS) is 19.8. The third-order valence-corrected chi connectivity index (χ3v) is 9.64. The number of phenols is 1. The fraction of sp³-hybridized carbons (Fsp3) is 0.553. The van der Waals surface area contributed by atoms with Gasteiger partial charge in [0.15, 0.2) is 5.75 Å². The third kappa shape index (κ3) is 12.6. The molecule has 1 fully saturated rings. The van der Waals surface area contributed by atoms with E-state index in [-0.39, 0.29) is 65.5 Å². The molecule has 0 aromatic heterocycles. The number of ether oxygens (including phenoxy) is 2. The zero-order valence-electron chi connectivity index (χ0n) is 29.5. The number of hydrogen-bond acceptors (Lipinski definition) is 8. The first-order chi connectivity index (χ1) is 23.7. The van der Waals surface area contributed by atoms with E-state index in [1.807, 2.05) is 39.0 Å². The highest BCUT2D eigenvalue weighted by Crippen LogP contribution is 2.37. The predicted molar refractivity (Wildman–Crippen MR) is 194 cm³/mol. The molecule has 1 aliphatic heterocycles. The third-order valence-electron chi connectivity index (χ3n) is 9.06. The van der Waals surface area contributed by atoms with Crippen molar-refractivity contribution in [3.8, 4) is 5.75 Å². The van der Waals surface area contributed by atoms with Crippen LogP contribution in [-0.2, 0) is 30.3 Å². The van der Waals surface area contributed by atoms with E-state index in [9.17, 15) is 29.7 Å². The molecule has 0 spiro atoms. The summed E-state index contributed by atoms with van der Waals surface area (Å²) in [5.41, 5.74) is 1.82. The molecule has 0 aliphatic carbocycles. The summed E-state index contributed by atoms with van der Waals surface area (Å²) in [5.74, 6) is -2.38. The smallest absolute Gasteiger partial charge is 0.310 e. The van der Waals surface area contributed by atoms with Crippen LogP contribution in [0.5, 0.6) is 5.75 Å². The first-order valence-electron chi connectivity index (χ1n) is 17.3. The molecule has 5 N–H and O–H groups in total. The number of rotatable bonds is 18. The lowest BCUT2D eigenvalue weighted by atomic mass is 9.83. The van der Waals surface area contributed by atoms with Gasteiger partial charge in [0.05, 0.1) is 34.3 Å². The second-order valence-corrected chi connectivity index (χ2v) is 14.5. The number of aliphatic hydroxyl groups is 2. The van der Waals surface area contributed by atoms with E-state index in [0.29, 0.717) is 18.6 Å². The van der Waals surface area contributed by atoms with Crippen molar-refractivity contribution in [3.05, 3.63) is 75.8 Å². The summed E-state index contributed by atoms with van der Waals surface area (Å²) in [6.07, 6.45) is 2.45. The first kappa shape index (κ1) is 41.3. The van der Waals surface area contributed by atoms with E-state index >= 15 is 0 Å². The number of carbonyl (C=O) groups excluding carboxylic acids is 3. The fourth-order valence-corrected chi connectivity index (χ4v) is 6.56. The molecule has 12 heteroatoms. The van der Waals surface area contributed by atoms with Gasteiger partial charge in [-0.15, -0.1) is 0 Å². The van der Waals surface area contributed by atoms with Crippen LogP contribution in [0.1, 0.15) is 77.3 Å². The SMILES string of the molecule is CC(C)C[C@H](OC(=O)C(C)CNC(=O)C(CCc1cc(Cl)c(O)c(Cl)c1)NC(=O)/C=C/C[C@H](O)[C@H](C)[C@H]1OCC[C@@H]1c1ccccc1)C(C)O. The summed E-state index contributed by atoms with van der Waals surface area (Å²) >= 11 is 12.2.